The monoisotopic (exact) mass is 457 g/mol. The van der Waals surface area contributed by atoms with E-state index in [4.69, 9.17) is 23.2 Å². The second-order valence-corrected chi connectivity index (χ2v) is 8.33. The van der Waals surface area contributed by atoms with Gasteiger partial charge in [-0.2, -0.15) is 0 Å². The SMILES string of the molecule is O=C(c1ccc(NC2=C(Cl)C(=O)N(c3ccc(Cl)cc3)C2=O)cc1)N1CCCCCC1. The highest BCUT2D eigenvalue weighted by molar-refractivity contribution is 6.53. The number of imide groups is 1. The fourth-order valence-corrected chi connectivity index (χ4v) is 4.07. The van der Waals surface area contributed by atoms with Gasteiger partial charge in [0, 0.05) is 29.4 Å². The van der Waals surface area contributed by atoms with Crippen molar-refractivity contribution in [1.29, 1.82) is 0 Å². The van der Waals surface area contributed by atoms with Gasteiger partial charge in [-0.05, 0) is 61.4 Å². The maximum atomic E-state index is 12.8. The van der Waals surface area contributed by atoms with E-state index in [9.17, 15) is 14.4 Å². The molecule has 1 saturated heterocycles. The van der Waals surface area contributed by atoms with E-state index in [2.05, 4.69) is 5.32 Å². The molecule has 6 nitrogen and oxygen atoms in total. The molecule has 0 spiro atoms. The van der Waals surface area contributed by atoms with Crippen LogP contribution in [0.4, 0.5) is 11.4 Å². The van der Waals surface area contributed by atoms with Gasteiger partial charge in [-0.1, -0.05) is 36.0 Å². The van der Waals surface area contributed by atoms with Crippen molar-refractivity contribution in [3.63, 3.8) is 0 Å². The van der Waals surface area contributed by atoms with E-state index in [-0.39, 0.29) is 16.6 Å². The van der Waals surface area contributed by atoms with Crippen molar-refractivity contribution < 1.29 is 14.4 Å². The van der Waals surface area contributed by atoms with Gasteiger partial charge in [-0.3, -0.25) is 14.4 Å². The van der Waals surface area contributed by atoms with E-state index in [1.807, 2.05) is 4.90 Å². The normalized spacial score (nSPS) is 17.2. The number of anilines is 2. The van der Waals surface area contributed by atoms with Crippen LogP contribution in [0, 0.1) is 0 Å². The number of amides is 3. The first kappa shape index (κ1) is 21.4. The third-order valence-corrected chi connectivity index (χ3v) is 6.01. The molecule has 1 fully saturated rings. The topological polar surface area (TPSA) is 69.7 Å². The highest BCUT2D eigenvalue weighted by Gasteiger charge is 2.38. The van der Waals surface area contributed by atoms with E-state index < -0.39 is 11.8 Å². The quantitative estimate of drug-likeness (QED) is 0.669. The maximum absolute atomic E-state index is 12.8. The fourth-order valence-electron chi connectivity index (χ4n) is 3.73. The summed E-state index contributed by atoms with van der Waals surface area (Å²) >= 11 is 12.1. The van der Waals surface area contributed by atoms with Crippen LogP contribution < -0.4 is 10.2 Å². The number of carbonyl (C=O) groups excluding carboxylic acids is 3. The number of rotatable bonds is 4. The number of halogens is 2. The van der Waals surface area contributed by atoms with Gasteiger partial charge in [0.25, 0.3) is 17.7 Å². The summed E-state index contributed by atoms with van der Waals surface area (Å²) in [5.41, 5.74) is 1.52. The Hall–Kier alpha value is -2.83. The minimum Gasteiger partial charge on any atom is -0.350 e. The molecule has 1 N–H and O–H groups in total. The summed E-state index contributed by atoms with van der Waals surface area (Å²) in [4.78, 5) is 41.0. The molecule has 2 aliphatic rings. The van der Waals surface area contributed by atoms with Crippen molar-refractivity contribution >= 4 is 52.3 Å². The standard InChI is InChI=1S/C23H21Cl2N3O3/c24-16-7-11-18(12-8-16)28-22(30)19(25)20(23(28)31)26-17-9-5-15(6-10-17)21(29)27-13-3-1-2-4-14-27/h5-12,26H,1-4,13-14H2. The Bertz CT molecular complexity index is 1040. The molecule has 0 unspecified atom stereocenters. The van der Waals surface area contributed by atoms with Crippen LogP contribution in [0.5, 0.6) is 0 Å². The molecule has 0 aromatic heterocycles. The lowest BCUT2D eigenvalue weighted by molar-refractivity contribution is -0.120. The van der Waals surface area contributed by atoms with Crippen LogP contribution in [-0.2, 0) is 9.59 Å². The first-order valence-electron chi connectivity index (χ1n) is 10.2. The number of nitrogens with zero attached hydrogens (tertiary/aromatic N) is 2. The summed E-state index contributed by atoms with van der Waals surface area (Å²) in [5.74, 6) is -1.15. The molecule has 2 aromatic rings. The molecule has 8 heteroatoms. The molecule has 4 rings (SSSR count). The molecule has 0 radical (unpaired) electrons. The molecule has 160 valence electrons. The van der Waals surface area contributed by atoms with Crippen LogP contribution in [0.1, 0.15) is 36.0 Å². The van der Waals surface area contributed by atoms with Crippen LogP contribution in [0.25, 0.3) is 0 Å². The molecule has 3 amide bonds. The Kier molecular flexibility index (Phi) is 6.30. The summed E-state index contributed by atoms with van der Waals surface area (Å²) in [6, 6.07) is 13.2. The van der Waals surface area contributed by atoms with Gasteiger partial charge in [0.1, 0.15) is 10.7 Å². The Balaban J connectivity index is 1.48. The molecule has 2 aliphatic heterocycles. The van der Waals surface area contributed by atoms with Crippen LogP contribution in [0.2, 0.25) is 5.02 Å². The van der Waals surface area contributed by atoms with Crippen molar-refractivity contribution in [2.45, 2.75) is 25.7 Å². The molecular weight excluding hydrogens is 437 g/mol. The zero-order valence-corrected chi connectivity index (χ0v) is 18.2. The van der Waals surface area contributed by atoms with Gasteiger partial charge in [-0.25, -0.2) is 4.90 Å². The van der Waals surface area contributed by atoms with Crippen LogP contribution >= 0.6 is 23.2 Å². The summed E-state index contributed by atoms with van der Waals surface area (Å²) in [6.07, 6.45) is 4.36. The number of nitrogens with one attached hydrogen (secondary N) is 1. The molecule has 0 aliphatic carbocycles. The summed E-state index contributed by atoms with van der Waals surface area (Å²) in [6.45, 7) is 1.55. The average Bonchev–Trinajstić information content (AvgIpc) is 2.98. The average molecular weight is 458 g/mol. The van der Waals surface area contributed by atoms with E-state index >= 15 is 0 Å². The van der Waals surface area contributed by atoms with Gasteiger partial charge in [0.05, 0.1) is 5.69 Å². The van der Waals surface area contributed by atoms with Crippen molar-refractivity contribution in [3.05, 3.63) is 69.8 Å². The second-order valence-electron chi connectivity index (χ2n) is 7.52. The van der Waals surface area contributed by atoms with E-state index in [1.165, 1.54) is 0 Å². The zero-order chi connectivity index (χ0) is 22.0. The number of likely N-dealkylation sites (tertiary alicyclic amines) is 1. The molecule has 31 heavy (non-hydrogen) atoms. The smallest absolute Gasteiger partial charge is 0.283 e. The van der Waals surface area contributed by atoms with Gasteiger partial charge in [-0.15, -0.1) is 0 Å². The first-order chi connectivity index (χ1) is 15.0. The molecule has 0 atom stereocenters. The van der Waals surface area contributed by atoms with E-state index in [0.29, 0.717) is 22.0 Å². The van der Waals surface area contributed by atoms with Crippen molar-refractivity contribution in [1.82, 2.24) is 4.90 Å². The van der Waals surface area contributed by atoms with Gasteiger partial charge >= 0.3 is 0 Å². The molecule has 2 heterocycles. The van der Waals surface area contributed by atoms with Gasteiger partial charge in [0.15, 0.2) is 0 Å². The summed E-state index contributed by atoms with van der Waals surface area (Å²) in [5, 5.41) is 3.23. The largest absolute Gasteiger partial charge is 0.350 e. The van der Waals surface area contributed by atoms with E-state index in [1.54, 1.807) is 48.5 Å². The van der Waals surface area contributed by atoms with Crippen molar-refractivity contribution in [2.75, 3.05) is 23.3 Å². The van der Waals surface area contributed by atoms with Gasteiger partial charge < -0.3 is 10.2 Å². The highest BCUT2D eigenvalue weighted by atomic mass is 35.5. The number of hydrogen-bond acceptors (Lipinski definition) is 4. The lowest BCUT2D eigenvalue weighted by Gasteiger charge is -2.20. The number of benzene rings is 2. The predicted molar refractivity (Wildman–Crippen MR) is 121 cm³/mol. The van der Waals surface area contributed by atoms with Crippen molar-refractivity contribution in [3.8, 4) is 0 Å². The molecule has 0 bridgehead atoms. The Morgan fingerprint density at radius 3 is 2.03 bits per heavy atom. The molecular formula is C23H21Cl2N3O3. The first-order valence-corrected chi connectivity index (χ1v) is 10.9. The third-order valence-electron chi connectivity index (χ3n) is 5.41. The maximum Gasteiger partial charge on any atom is 0.283 e. The predicted octanol–water partition coefficient (Wildman–Crippen LogP) is 4.79. The van der Waals surface area contributed by atoms with Crippen molar-refractivity contribution in [2.24, 2.45) is 0 Å². The van der Waals surface area contributed by atoms with Crippen LogP contribution in [0.15, 0.2) is 59.3 Å². The molecule has 2 aromatic carbocycles. The lowest BCUT2D eigenvalue weighted by atomic mass is 10.1. The highest BCUT2D eigenvalue weighted by Crippen LogP contribution is 2.30. The summed E-state index contributed by atoms with van der Waals surface area (Å²) in [7, 11) is 0. The second kappa shape index (κ2) is 9.12. The number of carbonyl (C=O) groups is 3. The fraction of sp³-hybridized carbons (Fsp3) is 0.261. The lowest BCUT2D eigenvalue weighted by Crippen LogP contribution is -2.32. The molecule has 0 saturated carbocycles. The minimum atomic E-state index is -0.607. The Morgan fingerprint density at radius 1 is 0.806 bits per heavy atom. The Morgan fingerprint density at radius 2 is 1.42 bits per heavy atom. The Labute approximate surface area is 190 Å². The number of hydrogen-bond donors (Lipinski definition) is 1. The van der Waals surface area contributed by atoms with Crippen LogP contribution in [0.3, 0.4) is 0 Å². The van der Waals surface area contributed by atoms with E-state index in [0.717, 1.165) is 43.7 Å². The van der Waals surface area contributed by atoms with Crippen LogP contribution in [-0.4, -0.2) is 35.7 Å². The zero-order valence-electron chi connectivity index (χ0n) is 16.7. The summed E-state index contributed by atoms with van der Waals surface area (Å²) < 4.78 is 0. The minimum absolute atomic E-state index is 0.00623. The third kappa shape index (κ3) is 4.45. The van der Waals surface area contributed by atoms with Gasteiger partial charge in [0.2, 0.25) is 0 Å².